The molecule has 0 fully saturated rings. The van der Waals surface area contributed by atoms with Crippen LogP contribution in [0, 0.1) is 0 Å². The number of aromatic amines is 1. The van der Waals surface area contributed by atoms with Gasteiger partial charge >= 0.3 is 0 Å². The molecule has 0 aliphatic heterocycles. The van der Waals surface area contributed by atoms with Gasteiger partial charge in [0.15, 0.2) is 0 Å². The minimum atomic E-state index is 0.201. The first-order chi connectivity index (χ1) is 8.65. The number of nitrogens with one attached hydrogen (secondary N) is 2. The summed E-state index contributed by atoms with van der Waals surface area (Å²) in [5.41, 5.74) is 1.21. The summed E-state index contributed by atoms with van der Waals surface area (Å²) in [6, 6.07) is 7.88. The Labute approximate surface area is 107 Å². The van der Waals surface area contributed by atoms with Gasteiger partial charge in [-0.15, -0.1) is 0 Å². The van der Waals surface area contributed by atoms with Crippen LogP contribution in [0.15, 0.2) is 36.7 Å². The molecule has 96 valence electrons. The minimum absolute atomic E-state index is 0.201. The quantitative estimate of drug-likeness (QED) is 0.758. The number of H-pyrrole nitrogens is 1. The second kappa shape index (κ2) is 5.69. The first-order valence-electron chi connectivity index (χ1n) is 6.18. The number of hydrogen-bond donors (Lipinski definition) is 3. The zero-order valence-electron chi connectivity index (χ0n) is 10.7. The first kappa shape index (κ1) is 12.6. The molecule has 0 aliphatic rings. The predicted octanol–water partition coefficient (Wildman–Crippen LogP) is 2.40. The van der Waals surface area contributed by atoms with Crippen LogP contribution in [0.1, 0.15) is 31.3 Å². The van der Waals surface area contributed by atoms with Crippen LogP contribution < -0.4 is 5.32 Å². The maximum Gasteiger partial charge on any atom is 0.122 e. The second-order valence-corrected chi connectivity index (χ2v) is 4.63. The van der Waals surface area contributed by atoms with Crippen molar-refractivity contribution in [2.75, 3.05) is 0 Å². The second-order valence-electron chi connectivity index (χ2n) is 4.63. The van der Waals surface area contributed by atoms with Gasteiger partial charge in [0.25, 0.3) is 0 Å². The van der Waals surface area contributed by atoms with Crippen LogP contribution in [0.3, 0.4) is 0 Å². The molecule has 2 rings (SSSR count). The van der Waals surface area contributed by atoms with E-state index in [0.29, 0.717) is 11.8 Å². The summed E-state index contributed by atoms with van der Waals surface area (Å²) in [6.45, 7) is 4.23. The van der Waals surface area contributed by atoms with E-state index in [2.05, 4.69) is 29.1 Å². The van der Waals surface area contributed by atoms with Crippen molar-refractivity contribution in [3.63, 3.8) is 0 Å². The summed E-state index contributed by atoms with van der Waals surface area (Å²) in [5, 5.41) is 12.7. The largest absolute Gasteiger partial charge is 0.508 e. The van der Waals surface area contributed by atoms with Crippen LogP contribution in [-0.2, 0) is 6.42 Å². The molecule has 1 aromatic carbocycles. The van der Waals surface area contributed by atoms with E-state index in [1.54, 1.807) is 18.3 Å². The van der Waals surface area contributed by atoms with Crippen molar-refractivity contribution in [1.29, 1.82) is 0 Å². The molecule has 0 saturated heterocycles. The van der Waals surface area contributed by atoms with Crippen molar-refractivity contribution in [2.24, 2.45) is 0 Å². The molecule has 2 atom stereocenters. The van der Waals surface area contributed by atoms with Gasteiger partial charge in [-0.2, -0.15) is 0 Å². The number of benzene rings is 1. The highest BCUT2D eigenvalue weighted by Gasteiger charge is 2.11. The van der Waals surface area contributed by atoms with Gasteiger partial charge in [-0.25, -0.2) is 4.98 Å². The smallest absolute Gasteiger partial charge is 0.122 e. The van der Waals surface area contributed by atoms with Crippen LogP contribution in [0.5, 0.6) is 5.75 Å². The third-order valence-electron chi connectivity index (χ3n) is 2.94. The van der Waals surface area contributed by atoms with E-state index in [4.69, 9.17) is 0 Å². The number of aromatic nitrogens is 2. The molecule has 0 amide bonds. The molecule has 0 spiro atoms. The van der Waals surface area contributed by atoms with Crippen molar-refractivity contribution in [1.82, 2.24) is 15.3 Å². The fourth-order valence-electron chi connectivity index (χ4n) is 2.06. The fourth-order valence-corrected chi connectivity index (χ4v) is 2.06. The summed E-state index contributed by atoms with van der Waals surface area (Å²) in [4.78, 5) is 7.34. The predicted molar refractivity (Wildman–Crippen MR) is 71.4 cm³/mol. The van der Waals surface area contributed by atoms with E-state index in [-0.39, 0.29) is 6.04 Å². The topological polar surface area (TPSA) is 60.9 Å². The zero-order chi connectivity index (χ0) is 13.0. The lowest BCUT2D eigenvalue weighted by molar-refractivity contribution is 0.462. The Hall–Kier alpha value is -1.81. The lowest BCUT2D eigenvalue weighted by Crippen LogP contribution is -2.31. The van der Waals surface area contributed by atoms with Crippen LogP contribution in [0.4, 0.5) is 0 Å². The van der Waals surface area contributed by atoms with E-state index in [1.165, 1.54) is 5.56 Å². The third-order valence-corrected chi connectivity index (χ3v) is 2.94. The summed E-state index contributed by atoms with van der Waals surface area (Å²) in [6.07, 6.45) is 4.52. The van der Waals surface area contributed by atoms with Gasteiger partial charge in [-0.3, -0.25) is 0 Å². The number of imidazole rings is 1. The SMILES string of the molecule is CC(Cc1ccc(O)cc1)NC(C)c1ncc[nH]1. The van der Waals surface area contributed by atoms with Crippen molar-refractivity contribution in [2.45, 2.75) is 32.4 Å². The molecule has 18 heavy (non-hydrogen) atoms. The van der Waals surface area contributed by atoms with Crippen LogP contribution in [-0.4, -0.2) is 21.1 Å². The molecule has 0 bridgehead atoms. The number of nitrogens with zero attached hydrogens (tertiary/aromatic N) is 1. The number of aromatic hydroxyl groups is 1. The number of phenolic OH excluding ortho intramolecular Hbond substituents is 1. The molecule has 3 N–H and O–H groups in total. The Kier molecular flexibility index (Phi) is 3.99. The average Bonchev–Trinajstić information content (AvgIpc) is 2.85. The molecule has 0 aliphatic carbocycles. The zero-order valence-corrected chi connectivity index (χ0v) is 10.7. The van der Waals surface area contributed by atoms with Crippen LogP contribution >= 0.6 is 0 Å². The highest BCUT2D eigenvalue weighted by molar-refractivity contribution is 5.26. The molecule has 2 unspecified atom stereocenters. The normalized spacial score (nSPS) is 14.3. The molecule has 4 heteroatoms. The maximum absolute atomic E-state index is 9.23. The average molecular weight is 245 g/mol. The highest BCUT2D eigenvalue weighted by atomic mass is 16.3. The number of rotatable bonds is 5. The molecule has 4 nitrogen and oxygen atoms in total. The number of hydrogen-bond acceptors (Lipinski definition) is 3. The molecule has 0 radical (unpaired) electrons. The van der Waals surface area contributed by atoms with Gasteiger partial charge in [0.1, 0.15) is 11.6 Å². The summed E-state index contributed by atoms with van der Waals surface area (Å²) in [7, 11) is 0. The molecular weight excluding hydrogens is 226 g/mol. The van der Waals surface area contributed by atoms with Crippen LogP contribution in [0.2, 0.25) is 0 Å². The van der Waals surface area contributed by atoms with Crippen molar-refractivity contribution >= 4 is 0 Å². The van der Waals surface area contributed by atoms with E-state index in [9.17, 15) is 5.11 Å². The van der Waals surface area contributed by atoms with Crippen molar-refractivity contribution < 1.29 is 5.11 Å². The van der Waals surface area contributed by atoms with Gasteiger partial charge in [-0.05, 0) is 38.0 Å². The first-order valence-corrected chi connectivity index (χ1v) is 6.18. The monoisotopic (exact) mass is 245 g/mol. The van der Waals surface area contributed by atoms with Gasteiger partial charge in [0.05, 0.1) is 6.04 Å². The van der Waals surface area contributed by atoms with E-state index >= 15 is 0 Å². The highest BCUT2D eigenvalue weighted by Crippen LogP contribution is 2.13. The van der Waals surface area contributed by atoms with E-state index in [0.717, 1.165) is 12.2 Å². The molecule has 2 aromatic rings. The van der Waals surface area contributed by atoms with Gasteiger partial charge < -0.3 is 15.4 Å². The van der Waals surface area contributed by atoms with Crippen LogP contribution in [0.25, 0.3) is 0 Å². The lowest BCUT2D eigenvalue weighted by atomic mass is 10.1. The van der Waals surface area contributed by atoms with Crippen molar-refractivity contribution in [3.8, 4) is 5.75 Å². The Morgan fingerprint density at radius 1 is 1.28 bits per heavy atom. The Morgan fingerprint density at radius 2 is 2.00 bits per heavy atom. The van der Waals surface area contributed by atoms with Gasteiger partial charge in [0.2, 0.25) is 0 Å². The standard InChI is InChI=1S/C14H19N3O/c1-10(9-12-3-5-13(18)6-4-12)17-11(2)14-15-7-8-16-14/h3-8,10-11,17-18H,9H2,1-2H3,(H,15,16). The Balaban J connectivity index is 1.88. The molecule has 1 heterocycles. The minimum Gasteiger partial charge on any atom is -0.508 e. The molecule has 1 aromatic heterocycles. The summed E-state index contributed by atoms with van der Waals surface area (Å²) < 4.78 is 0. The van der Waals surface area contributed by atoms with Gasteiger partial charge in [-0.1, -0.05) is 12.1 Å². The van der Waals surface area contributed by atoms with Crippen molar-refractivity contribution in [3.05, 3.63) is 48.0 Å². The Bertz CT molecular complexity index is 464. The maximum atomic E-state index is 9.23. The van der Waals surface area contributed by atoms with E-state index in [1.807, 2.05) is 18.3 Å². The van der Waals surface area contributed by atoms with E-state index < -0.39 is 0 Å². The molecule has 0 saturated carbocycles. The lowest BCUT2D eigenvalue weighted by Gasteiger charge is -2.18. The summed E-state index contributed by atoms with van der Waals surface area (Å²) >= 11 is 0. The Morgan fingerprint density at radius 3 is 2.61 bits per heavy atom. The third kappa shape index (κ3) is 3.34. The summed E-state index contributed by atoms with van der Waals surface area (Å²) in [5.74, 6) is 1.26. The number of phenols is 1. The fraction of sp³-hybridized carbons (Fsp3) is 0.357. The molecular formula is C14H19N3O. The van der Waals surface area contributed by atoms with Gasteiger partial charge in [0, 0.05) is 18.4 Å².